The number of hydrogen-bond donors (Lipinski definition) is 1. The second kappa shape index (κ2) is 4.51. The molecule has 3 nitrogen and oxygen atoms in total. The smallest absolute Gasteiger partial charge is 0.208 e. The van der Waals surface area contributed by atoms with Gasteiger partial charge in [-0.3, -0.25) is 0 Å². The molecular formula is C13H16ClNO2S. The van der Waals surface area contributed by atoms with Gasteiger partial charge < -0.3 is 0 Å². The summed E-state index contributed by atoms with van der Waals surface area (Å²) in [4.78, 5) is 0.301. The van der Waals surface area contributed by atoms with Gasteiger partial charge in [-0.05, 0) is 55.4 Å². The molecule has 0 amide bonds. The summed E-state index contributed by atoms with van der Waals surface area (Å²) in [7, 11) is -3.39. The van der Waals surface area contributed by atoms with E-state index in [0.29, 0.717) is 15.8 Å². The Balaban J connectivity index is 1.77. The second-order valence-corrected chi connectivity index (χ2v) is 7.51. The molecule has 0 aromatic heterocycles. The van der Waals surface area contributed by atoms with Gasteiger partial charge in [0.05, 0.1) is 4.90 Å². The van der Waals surface area contributed by atoms with Crippen LogP contribution in [0.25, 0.3) is 0 Å². The van der Waals surface area contributed by atoms with E-state index >= 15 is 0 Å². The van der Waals surface area contributed by atoms with Gasteiger partial charge in [0.1, 0.15) is 0 Å². The van der Waals surface area contributed by atoms with Crippen molar-refractivity contribution in [2.45, 2.75) is 36.6 Å². The summed E-state index contributed by atoms with van der Waals surface area (Å²) >= 11 is 5.77. The fourth-order valence-electron chi connectivity index (χ4n) is 3.27. The fourth-order valence-corrected chi connectivity index (χ4v) is 4.71. The number of halogens is 1. The van der Waals surface area contributed by atoms with E-state index in [0.717, 1.165) is 12.3 Å². The Bertz CT molecular complexity index is 541. The van der Waals surface area contributed by atoms with Gasteiger partial charge in [-0.15, -0.1) is 0 Å². The first-order chi connectivity index (χ1) is 8.54. The Morgan fingerprint density at radius 2 is 1.83 bits per heavy atom. The van der Waals surface area contributed by atoms with Crippen LogP contribution in [-0.4, -0.2) is 14.5 Å². The van der Waals surface area contributed by atoms with Crippen molar-refractivity contribution in [3.8, 4) is 0 Å². The number of nitrogens with one attached hydrogen (secondary N) is 1. The molecule has 98 valence electrons. The molecule has 3 atom stereocenters. The largest absolute Gasteiger partial charge is 0.240 e. The van der Waals surface area contributed by atoms with Crippen LogP contribution in [0.2, 0.25) is 5.02 Å². The molecule has 1 N–H and O–H groups in total. The lowest BCUT2D eigenvalue weighted by Crippen LogP contribution is -2.38. The highest BCUT2D eigenvalue weighted by Gasteiger charge is 2.41. The van der Waals surface area contributed by atoms with Gasteiger partial charge in [0.15, 0.2) is 0 Å². The molecule has 2 aliphatic carbocycles. The van der Waals surface area contributed by atoms with Crippen molar-refractivity contribution in [1.29, 1.82) is 0 Å². The molecule has 18 heavy (non-hydrogen) atoms. The van der Waals surface area contributed by atoms with Crippen molar-refractivity contribution in [2.24, 2.45) is 11.8 Å². The maximum atomic E-state index is 12.2. The molecule has 0 saturated heterocycles. The topological polar surface area (TPSA) is 46.2 Å². The molecular weight excluding hydrogens is 270 g/mol. The molecule has 5 heteroatoms. The molecule has 2 bridgehead atoms. The summed E-state index contributed by atoms with van der Waals surface area (Å²) < 4.78 is 27.3. The Hall–Kier alpha value is -0.580. The zero-order valence-corrected chi connectivity index (χ0v) is 11.5. The Kier molecular flexibility index (Phi) is 3.12. The standard InChI is InChI=1S/C13H16ClNO2S/c14-11-3-5-12(6-4-11)18(16,17)15-13-8-9-1-2-10(13)7-9/h3-6,9-10,13,15H,1-2,7-8H2/t9-,10+,13+/m0/s1. The molecule has 0 aliphatic heterocycles. The van der Waals surface area contributed by atoms with Crippen LogP contribution in [0.3, 0.4) is 0 Å². The highest BCUT2D eigenvalue weighted by molar-refractivity contribution is 7.89. The molecule has 0 heterocycles. The van der Waals surface area contributed by atoms with Crippen LogP contribution in [0.4, 0.5) is 0 Å². The van der Waals surface area contributed by atoms with E-state index < -0.39 is 10.0 Å². The first-order valence-electron chi connectivity index (χ1n) is 6.32. The summed E-state index contributed by atoms with van der Waals surface area (Å²) in [6.07, 6.45) is 4.62. The SMILES string of the molecule is O=S(=O)(N[C@@H]1C[C@H]2CC[C@@H]1C2)c1ccc(Cl)cc1. The molecule has 0 radical (unpaired) electrons. The molecule has 2 saturated carbocycles. The predicted octanol–water partition coefficient (Wildman–Crippen LogP) is 2.81. The third-order valence-corrected chi connectivity index (χ3v) is 5.93. The van der Waals surface area contributed by atoms with Gasteiger partial charge in [0.2, 0.25) is 10.0 Å². The third-order valence-electron chi connectivity index (χ3n) is 4.17. The van der Waals surface area contributed by atoms with Gasteiger partial charge in [0, 0.05) is 11.1 Å². The van der Waals surface area contributed by atoms with Crippen molar-refractivity contribution in [2.75, 3.05) is 0 Å². The highest BCUT2D eigenvalue weighted by Crippen LogP contribution is 2.44. The molecule has 2 aliphatic rings. The average Bonchev–Trinajstić information content (AvgIpc) is 2.91. The zero-order chi connectivity index (χ0) is 12.8. The van der Waals surface area contributed by atoms with E-state index in [4.69, 9.17) is 11.6 Å². The highest BCUT2D eigenvalue weighted by atomic mass is 35.5. The van der Waals surface area contributed by atoms with Crippen molar-refractivity contribution >= 4 is 21.6 Å². The van der Waals surface area contributed by atoms with Gasteiger partial charge >= 0.3 is 0 Å². The zero-order valence-electron chi connectivity index (χ0n) is 9.97. The minimum Gasteiger partial charge on any atom is -0.208 e. The van der Waals surface area contributed by atoms with E-state index in [-0.39, 0.29) is 6.04 Å². The number of hydrogen-bond acceptors (Lipinski definition) is 2. The summed E-state index contributed by atoms with van der Waals surface area (Å²) in [5.74, 6) is 1.27. The van der Waals surface area contributed by atoms with Crippen molar-refractivity contribution in [3.05, 3.63) is 29.3 Å². The fraction of sp³-hybridized carbons (Fsp3) is 0.538. The second-order valence-electron chi connectivity index (χ2n) is 5.36. The summed E-state index contributed by atoms with van der Waals surface area (Å²) in [6, 6.07) is 6.45. The van der Waals surface area contributed by atoms with Crippen LogP contribution in [0, 0.1) is 11.8 Å². The van der Waals surface area contributed by atoms with Crippen molar-refractivity contribution in [1.82, 2.24) is 4.72 Å². The predicted molar refractivity (Wildman–Crippen MR) is 71.0 cm³/mol. The maximum Gasteiger partial charge on any atom is 0.240 e. The Labute approximate surface area is 113 Å². The van der Waals surface area contributed by atoms with Crippen molar-refractivity contribution < 1.29 is 8.42 Å². The molecule has 0 spiro atoms. The van der Waals surface area contributed by atoms with Crippen LogP contribution in [0.1, 0.15) is 25.7 Å². The molecule has 0 unspecified atom stereocenters. The van der Waals surface area contributed by atoms with Crippen LogP contribution in [0.5, 0.6) is 0 Å². The lowest BCUT2D eigenvalue weighted by atomic mass is 9.96. The van der Waals surface area contributed by atoms with E-state index in [1.807, 2.05) is 0 Å². The lowest BCUT2D eigenvalue weighted by molar-refractivity contribution is 0.390. The van der Waals surface area contributed by atoms with E-state index in [2.05, 4.69) is 4.72 Å². The summed E-state index contributed by atoms with van der Waals surface area (Å²) in [6.45, 7) is 0. The van der Waals surface area contributed by atoms with Crippen LogP contribution in [-0.2, 0) is 10.0 Å². The lowest BCUT2D eigenvalue weighted by Gasteiger charge is -2.22. The van der Waals surface area contributed by atoms with Gasteiger partial charge in [0.25, 0.3) is 0 Å². The number of benzene rings is 1. The minimum atomic E-state index is -3.39. The first kappa shape index (κ1) is 12.5. The van der Waals surface area contributed by atoms with Crippen LogP contribution >= 0.6 is 11.6 Å². The number of rotatable bonds is 3. The average molecular weight is 286 g/mol. The molecule has 1 aromatic carbocycles. The van der Waals surface area contributed by atoms with Gasteiger partial charge in [-0.1, -0.05) is 18.0 Å². The number of fused-ring (bicyclic) bond motifs is 2. The van der Waals surface area contributed by atoms with E-state index in [9.17, 15) is 8.42 Å². The molecule has 3 rings (SSSR count). The quantitative estimate of drug-likeness (QED) is 0.928. The van der Waals surface area contributed by atoms with Gasteiger partial charge in [-0.25, -0.2) is 13.1 Å². The summed E-state index contributed by atoms with van der Waals surface area (Å²) in [5, 5.41) is 0.550. The third kappa shape index (κ3) is 2.29. The Morgan fingerprint density at radius 3 is 2.39 bits per heavy atom. The maximum absolute atomic E-state index is 12.2. The molecule has 2 fully saturated rings. The summed E-state index contributed by atoms with van der Waals surface area (Å²) in [5.41, 5.74) is 0. The van der Waals surface area contributed by atoms with Crippen LogP contribution < -0.4 is 4.72 Å². The minimum absolute atomic E-state index is 0.129. The Morgan fingerprint density at radius 1 is 1.11 bits per heavy atom. The normalized spacial score (nSPS) is 30.8. The van der Waals surface area contributed by atoms with Gasteiger partial charge in [-0.2, -0.15) is 0 Å². The van der Waals surface area contributed by atoms with E-state index in [1.165, 1.54) is 19.3 Å². The van der Waals surface area contributed by atoms with Crippen LogP contribution in [0.15, 0.2) is 29.2 Å². The number of sulfonamides is 1. The van der Waals surface area contributed by atoms with E-state index in [1.54, 1.807) is 24.3 Å². The first-order valence-corrected chi connectivity index (χ1v) is 8.18. The monoisotopic (exact) mass is 285 g/mol. The molecule has 1 aromatic rings. The van der Waals surface area contributed by atoms with Crippen molar-refractivity contribution in [3.63, 3.8) is 0 Å².